The van der Waals surface area contributed by atoms with Crippen molar-refractivity contribution >= 4 is 64.1 Å². The number of fused-ring (bicyclic) bond motifs is 5. The summed E-state index contributed by atoms with van der Waals surface area (Å²) < 4.78 is 84.4. The first-order chi connectivity index (χ1) is 61.9. The standard InChI is InChI=1S/C19H18F3N5.C19H20FN5.C19H21N5S.C18H17Cl2N5.C18H17F2N5/c20-19(21,22)15-4-2-1-3-12(15)16-13(9-23)17(11-5-7-24-8-6-11)26-18-14(16)10-25-27-18;1-25-8-6-12(7-9-25)18-14(10-21)17(13-4-2-3-5-16(13)20)15-11-22-24-19(15)23-18;1-25-16-5-3-2-4-13(16)17-14(10-20)18(12-6-8-21-9-7-12)23-19-15(17)11-22-24-19;2*19-13-2-1-3-14(20)16(13)15-11(8-21)17(10-4-6-22-7-5-10)24-18-12(15)9-23-25-18/h1-4,10-11,16,24H,5-8H2,(H2,25,26,27);2-5,11-12,17H,6-9H2,1H3,(H2,22,23,24);2-5,11-12,17,21H,6-9H2,1H3,(H2,22,23,24);2*1-3,9-10,15,22H,4-7H2,(H2,23,24,25). The van der Waals surface area contributed by atoms with Crippen LogP contribution in [0.1, 0.15) is 155 Å². The maximum atomic E-state index is 14.5. The van der Waals surface area contributed by atoms with Crippen LogP contribution in [0.2, 0.25) is 10.0 Å². The molecule has 5 saturated heterocycles. The van der Waals surface area contributed by atoms with Gasteiger partial charge >= 0.3 is 6.18 Å². The van der Waals surface area contributed by atoms with Crippen LogP contribution in [0.3, 0.4) is 0 Å². The average Bonchev–Trinajstić information content (AvgIpc) is 1.70. The van der Waals surface area contributed by atoms with Gasteiger partial charge in [-0.3, -0.25) is 25.5 Å². The molecule has 25 nitrogen and oxygen atoms in total. The van der Waals surface area contributed by atoms with Crippen molar-refractivity contribution in [3.05, 3.63) is 285 Å². The zero-order chi connectivity index (χ0) is 88.4. The van der Waals surface area contributed by atoms with Gasteiger partial charge in [0.15, 0.2) is 0 Å². The van der Waals surface area contributed by atoms with Crippen molar-refractivity contribution in [1.29, 1.82) is 26.3 Å². The largest absolute Gasteiger partial charge is 0.416 e. The van der Waals surface area contributed by atoms with Crippen LogP contribution in [0.15, 0.2) is 201 Å². The second-order valence-electron chi connectivity index (χ2n) is 32.8. The zero-order valence-corrected chi connectivity index (χ0v) is 71.9. The van der Waals surface area contributed by atoms with Crippen molar-refractivity contribution < 1.29 is 26.3 Å². The summed E-state index contributed by atoms with van der Waals surface area (Å²) in [6.45, 7) is 9.20. The molecular weight excluding hydrogens is 1680 g/mol. The van der Waals surface area contributed by atoms with Crippen LogP contribution in [0, 0.1) is 104 Å². The fourth-order valence-corrected chi connectivity index (χ4v) is 20.6. The van der Waals surface area contributed by atoms with E-state index in [1.807, 2.05) is 30.5 Å². The summed E-state index contributed by atoms with van der Waals surface area (Å²) in [5.74, 6) is 0.860. The number of benzene rings is 5. The van der Waals surface area contributed by atoms with Crippen LogP contribution in [-0.4, -0.2) is 135 Å². The molecule has 10 aliphatic rings. The van der Waals surface area contributed by atoms with Gasteiger partial charge in [-0.15, -0.1) is 11.8 Å². The monoisotopic (exact) mass is 1780 g/mol. The molecule has 14 N–H and O–H groups in total. The molecule has 127 heavy (non-hydrogen) atoms. The summed E-state index contributed by atoms with van der Waals surface area (Å²) in [6, 6.07) is 41.4. The molecule has 5 fully saturated rings. The Labute approximate surface area is 744 Å². The van der Waals surface area contributed by atoms with E-state index in [0.29, 0.717) is 78.2 Å². The summed E-state index contributed by atoms with van der Waals surface area (Å²) in [4.78, 5) is 3.50. The Hall–Kier alpha value is -12.4. The second kappa shape index (κ2) is 39.7. The lowest BCUT2D eigenvalue weighted by Crippen LogP contribution is -2.34. The molecule has 5 atom stereocenters. The third-order valence-electron chi connectivity index (χ3n) is 25.6. The number of nitriles is 5. The molecule has 0 aliphatic carbocycles. The minimum absolute atomic E-state index is 0.0615. The average molecular weight is 1780 g/mol. The smallest absolute Gasteiger partial charge is 0.343 e. The minimum Gasteiger partial charge on any atom is -0.343 e. The van der Waals surface area contributed by atoms with E-state index in [0.717, 1.165) is 204 Å². The number of hydrogen-bond acceptors (Lipinski definition) is 21. The molecule has 0 bridgehead atoms. The fourth-order valence-electron chi connectivity index (χ4n) is 19.4. The molecule has 5 aromatic heterocycles. The molecule has 10 aromatic rings. The first-order valence-electron chi connectivity index (χ1n) is 42.6. The van der Waals surface area contributed by atoms with Crippen LogP contribution in [-0.2, 0) is 6.18 Å². The van der Waals surface area contributed by atoms with E-state index in [1.54, 1.807) is 42.4 Å². The van der Waals surface area contributed by atoms with Gasteiger partial charge in [0, 0.05) is 118 Å². The van der Waals surface area contributed by atoms with Gasteiger partial charge < -0.3 is 52.8 Å². The first kappa shape index (κ1) is 88.1. The van der Waals surface area contributed by atoms with Crippen LogP contribution in [0.5, 0.6) is 0 Å². The van der Waals surface area contributed by atoms with Crippen LogP contribution in [0.25, 0.3) is 0 Å². The minimum atomic E-state index is -4.50. The number of hydrogen-bond donors (Lipinski definition) is 14. The number of aromatic amines is 5. The van der Waals surface area contributed by atoms with E-state index in [9.17, 15) is 52.7 Å². The molecule has 652 valence electrons. The van der Waals surface area contributed by atoms with Crippen LogP contribution in [0.4, 0.5) is 55.4 Å². The molecule has 0 radical (unpaired) electrons. The zero-order valence-electron chi connectivity index (χ0n) is 69.5. The topological polar surface area (TPSA) is 374 Å². The Balaban J connectivity index is 0.000000117. The van der Waals surface area contributed by atoms with Gasteiger partial charge in [-0.05, 0) is 197 Å². The number of H-pyrrole nitrogens is 5. The number of aromatic nitrogens is 10. The lowest BCUT2D eigenvalue weighted by Gasteiger charge is -2.35. The van der Waals surface area contributed by atoms with E-state index >= 15 is 0 Å². The second-order valence-corrected chi connectivity index (χ2v) is 34.4. The molecule has 5 aromatic carbocycles. The van der Waals surface area contributed by atoms with Crippen LogP contribution >= 0.6 is 35.0 Å². The van der Waals surface area contributed by atoms with E-state index in [2.05, 4.69) is 172 Å². The lowest BCUT2D eigenvalue weighted by atomic mass is 9.78. The molecule has 0 saturated carbocycles. The summed E-state index contributed by atoms with van der Waals surface area (Å²) in [6.07, 6.45) is 15.3. The quantitative estimate of drug-likeness (QED) is 0.0422. The molecule has 10 aliphatic heterocycles. The number of halogens is 8. The third kappa shape index (κ3) is 18.2. The first-order valence-corrected chi connectivity index (χ1v) is 44.6. The van der Waals surface area contributed by atoms with Crippen molar-refractivity contribution in [3.63, 3.8) is 0 Å². The highest BCUT2D eigenvalue weighted by Crippen LogP contribution is 2.53. The predicted octanol–water partition coefficient (Wildman–Crippen LogP) is 17.5. The number of piperidine rings is 5. The third-order valence-corrected chi connectivity index (χ3v) is 27.1. The SMILES string of the molecule is CN1CCC(C2=C(C#N)C(c3ccccc3F)c3cn[nH]c3N2)CC1.CSc1ccccc1C1C(C#N)=C(C2CCNCC2)Nc2[nH]ncc21.N#CC1=C(C2CCNCC2)Nc2[nH]ncc2C1c1c(Cl)cccc1Cl.N#CC1=C(C2CCNCC2)Nc2[nH]ncc2C1c1c(F)cccc1F.N#CC1=C(C2CCNCC2)Nc2[nH]ncc2C1c1ccccc1C(F)(F)F. The van der Waals surface area contributed by atoms with Gasteiger partial charge in [-0.1, -0.05) is 89.9 Å². The maximum absolute atomic E-state index is 14.5. The molecular formula is C93H93Cl2F6N25S. The molecule has 20 rings (SSSR count). The number of nitrogens with zero attached hydrogens (tertiary/aromatic N) is 11. The molecule has 0 spiro atoms. The number of nitrogens with one attached hydrogen (secondary N) is 14. The number of alkyl halides is 3. The number of likely N-dealkylation sites (tertiary alicyclic amines) is 1. The maximum Gasteiger partial charge on any atom is 0.416 e. The van der Waals surface area contributed by atoms with Gasteiger partial charge in [0.1, 0.15) is 46.5 Å². The van der Waals surface area contributed by atoms with E-state index in [-0.39, 0.29) is 46.5 Å². The van der Waals surface area contributed by atoms with Gasteiger partial charge in [0.25, 0.3) is 0 Å². The van der Waals surface area contributed by atoms with Crippen molar-refractivity contribution in [1.82, 2.24) is 77.2 Å². The van der Waals surface area contributed by atoms with Crippen molar-refractivity contribution in [3.8, 4) is 30.3 Å². The molecule has 34 heteroatoms. The molecule has 0 amide bonds. The fraction of sp³-hybridized carbons (Fsp3) is 0.355. The van der Waals surface area contributed by atoms with Gasteiger partial charge in [0.2, 0.25) is 0 Å². The Bertz CT molecular complexity index is 5880. The Morgan fingerprint density at radius 1 is 0.354 bits per heavy atom. The van der Waals surface area contributed by atoms with Crippen molar-refractivity contribution in [2.75, 3.05) is 105 Å². The number of thioether (sulfide) groups is 1. The van der Waals surface area contributed by atoms with Gasteiger partial charge in [0.05, 0.1) is 124 Å². The highest BCUT2D eigenvalue weighted by molar-refractivity contribution is 7.98. The highest BCUT2D eigenvalue weighted by Gasteiger charge is 2.44. The highest BCUT2D eigenvalue weighted by atomic mass is 35.5. The summed E-state index contributed by atoms with van der Waals surface area (Å²) >= 11 is 14.7. The number of anilines is 5. The summed E-state index contributed by atoms with van der Waals surface area (Å²) in [5.41, 5.74) is 12.8. The van der Waals surface area contributed by atoms with Gasteiger partial charge in [-0.25, -0.2) is 13.2 Å². The Morgan fingerprint density at radius 3 is 1.01 bits per heavy atom. The Kier molecular flexibility index (Phi) is 27.5. The molecule has 15 heterocycles. The summed E-state index contributed by atoms with van der Waals surface area (Å²) in [7, 11) is 2.11. The van der Waals surface area contributed by atoms with E-state index in [1.165, 1.54) is 59.3 Å². The number of allylic oxidation sites excluding steroid dienone is 10. The Morgan fingerprint density at radius 2 is 0.646 bits per heavy atom. The van der Waals surface area contributed by atoms with Crippen LogP contribution < -0.4 is 47.9 Å². The molecule has 5 unspecified atom stereocenters. The summed E-state index contributed by atoms with van der Waals surface area (Å²) in [5, 5.41) is 116. The van der Waals surface area contributed by atoms with E-state index in [4.69, 9.17) is 23.2 Å². The van der Waals surface area contributed by atoms with E-state index < -0.39 is 41.1 Å². The van der Waals surface area contributed by atoms with Crippen molar-refractivity contribution in [2.24, 2.45) is 29.6 Å². The number of rotatable bonds is 11. The lowest BCUT2D eigenvalue weighted by molar-refractivity contribution is -0.138. The normalized spacial score (nSPS) is 20.9. The van der Waals surface area contributed by atoms with Gasteiger partial charge in [-0.2, -0.15) is 65.0 Å². The predicted molar refractivity (Wildman–Crippen MR) is 475 cm³/mol. The van der Waals surface area contributed by atoms with Crippen molar-refractivity contribution in [2.45, 2.75) is 105 Å².